The second-order valence-electron chi connectivity index (χ2n) is 7.13. The minimum absolute atomic E-state index is 0.0224. The van der Waals surface area contributed by atoms with E-state index in [1.54, 1.807) is 13.3 Å². The van der Waals surface area contributed by atoms with Crippen molar-refractivity contribution in [2.45, 2.75) is 45.3 Å². The summed E-state index contributed by atoms with van der Waals surface area (Å²) < 4.78 is 5.39. The van der Waals surface area contributed by atoms with Crippen LogP contribution in [0.3, 0.4) is 0 Å². The molecular weight excluding hydrogens is 328 g/mol. The highest BCUT2D eigenvalue weighted by Crippen LogP contribution is 2.35. The lowest BCUT2D eigenvalue weighted by Crippen LogP contribution is -2.46. The molecule has 1 fully saturated rings. The summed E-state index contributed by atoms with van der Waals surface area (Å²) in [5.74, 6) is 1.51. The van der Waals surface area contributed by atoms with Crippen LogP contribution in [-0.4, -0.2) is 40.0 Å². The molecule has 1 amide bonds. The maximum atomic E-state index is 12.9. The van der Waals surface area contributed by atoms with Crippen LogP contribution < -0.4 is 5.32 Å². The number of nitrogens with one attached hydrogen (secondary N) is 1. The van der Waals surface area contributed by atoms with Gasteiger partial charge in [0.05, 0.1) is 6.04 Å². The third kappa shape index (κ3) is 3.85. The fourth-order valence-electron chi connectivity index (χ4n) is 3.26. The molecule has 0 saturated carbocycles. The van der Waals surface area contributed by atoms with E-state index in [0.29, 0.717) is 0 Å². The molecule has 1 N–H and O–H groups in total. The molecule has 1 aliphatic heterocycles. The smallest absolute Gasteiger partial charge is 0.254 e. The molecule has 0 aliphatic carbocycles. The fraction of sp³-hybridized carbons (Fsp3) is 0.450. The van der Waals surface area contributed by atoms with Crippen LogP contribution in [0.25, 0.3) is 0 Å². The van der Waals surface area contributed by atoms with Gasteiger partial charge in [0.1, 0.15) is 17.2 Å². The van der Waals surface area contributed by atoms with E-state index in [-0.39, 0.29) is 11.9 Å². The zero-order chi connectivity index (χ0) is 18.7. The average Bonchev–Trinajstić information content (AvgIpc) is 3.11. The van der Waals surface area contributed by atoms with E-state index >= 15 is 0 Å². The number of aromatic nitrogens is 2. The van der Waals surface area contributed by atoms with E-state index in [4.69, 9.17) is 4.74 Å². The predicted octanol–water partition coefficient (Wildman–Crippen LogP) is 3.62. The number of aryl methyl sites for hydroxylation is 1. The number of pyridine rings is 2. The van der Waals surface area contributed by atoms with Crippen molar-refractivity contribution in [3.05, 3.63) is 47.8 Å². The molecule has 0 radical (unpaired) electrons. The lowest BCUT2D eigenvalue weighted by atomic mass is 10.0. The van der Waals surface area contributed by atoms with Gasteiger partial charge in [-0.15, -0.1) is 0 Å². The van der Waals surface area contributed by atoms with Crippen molar-refractivity contribution in [3.63, 3.8) is 0 Å². The summed E-state index contributed by atoms with van der Waals surface area (Å²) in [6, 6.07) is 9.84. The number of amides is 1. The number of carbonyl (C=O) groups is 1. The number of hydrogen-bond donors (Lipinski definition) is 1. The standard InChI is InChI=1S/C20H26N4O2/c1-14-7-5-9-17(22-14)23-18-13-15(10-11-21-18)16-8-6-12-24(16)19(25)20(2,3)26-4/h5,7,9-11,13,16H,6,8,12H2,1-4H3,(H,21,22,23)/t16-/m1/s1. The van der Waals surface area contributed by atoms with E-state index in [1.807, 2.05) is 56.0 Å². The number of carbonyl (C=O) groups excluding carboxylic acids is 1. The summed E-state index contributed by atoms with van der Waals surface area (Å²) in [5.41, 5.74) is 1.20. The Morgan fingerprint density at radius 1 is 1.31 bits per heavy atom. The van der Waals surface area contributed by atoms with Gasteiger partial charge in [-0.1, -0.05) is 6.07 Å². The molecule has 1 atom stereocenters. The first-order valence-corrected chi connectivity index (χ1v) is 8.93. The van der Waals surface area contributed by atoms with E-state index in [0.717, 1.165) is 42.3 Å². The lowest BCUT2D eigenvalue weighted by molar-refractivity contribution is -0.152. The first kappa shape index (κ1) is 18.3. The van der Waals surface area contributed by atoms with Crippen molar-refractivity contribution in [1.82, 2.24) is 14.9 Å². The van der Waals surface area contributed by atoms with Gasteiger partial charge in [0, 0.05) is 25.5 Å². The van der Waals surface area contributed by atoms with Crippen molar-refractivity contribution in [1.29, 1.82) is 0 Å². The Morgan fingerprint density at radius 2 is 2.12 bits per heavy atom. The van der Waals surface area contributed by atoms with Crippen LogP contribution in [0.2, 0.25) is 0 Å². The molecule has 6 heteroatoms. The molecule has 2 aromatic heterocycles. The van der Waals surface area contributed by atoms with Crippen molar-refractivity contribution in [3.8, 4) is 0 Å². The highest BCUT2D eigenvalue weighted by Gasteiger charge is 2.38. The highest BCUT2D eigenvalue weighted by atomic mass is 16.5. The van der Waals surface area contributed by atoms with E-state index < -0.39 is 5.60 Å². The normalized spacial score (nSPS) is 17.4. The van der Waals surface area contributed by atoms with Gasteiger partial charge in [0.2, 0.25) is 0 Å². The number of methoxy groups -OCH3 is 1. The monoisotopic (exact) mass is 354 g/mol. The third-order valence-electron chi connectivity index (χ3n) is 4.85. The first-order chi connectivity index (χ1) is 12.4. The topological polar surface area (TPSA) is 67.3 Å². The van der Waals surface area contributed by atoms with Crippen LogP contribution in [0.1, 0.15) is 44.0 Å². The quantitative estimate of drug-likeness (QED) is 0.888. The summed E-state index contributed by atoms with van der Waals surface area (Å²) in [6.45, 7) is 6.33. The Morgan fingerprint density at radius 3 is 2.85 bits per heavy atom. The van der Waals surface area contributed by atoms with E-state index in [9.17, 15) is 4.79 Å². The first-order valence-electron chi connectivity index (χ1n) is 8.93. The van der Waals surface area contributed by atoms with Gasteiger partial charge in [-0.3, -0.25) is 4.79 Å². The summed E-state index contributed by atoms with van der Waals surface area (Å²) in [6.07, 6.45) is 3.70. The summed E-state index contributed by atoms with van der Waals surface area (Å²) in [5, 5.41) is 3.24. The molecule has 138 valence electrons. The van der Waals surface area contributed by atoms with Gasteiger partial charge < -0.3 is 15.0 Å². The van der Waals surface area contributed by atoms with Crippen molar-refractivity contribution >= 4 is 17.5 Å². The van der Waals surface area contributed by atoms with E-state index in [1.165, 1.54) is 0 Å². The Hall–Kier alpha value is -2.47. The maximum absolute atomic E-state index is 12.9. The third-order valence-corrected chi connectivity index (χ3v) is 4.85. The van der Waals surface area contributed by atoms with Gasteiger partial charge in [0.25, 0.3) is 5.91 Å². The van der Waals surface area contributed by atoms with Gasteiger partial charge in [-0.05, 0) is 63.4 Å². The summed E-state index contributed by atoms with van der Waals surface area (Å²) >= 11 is 0. The molecule has 26 heavy (non-hydrogen) atoms. The molecular formula is C20H26N4O2. The van der Waals surface area contributed by atoms with Crippen LogP contribution in [0.5, 0.6) is 0 Å². The Kier molecular flexibility index (Phi) is 5.23. The van der Waals surface area contributed by atoms with Crippen LogP contribution in [0.15, 0.2) is 36.5 Å². The average molecular weight is 354 g/mol. The Labute approximate surface area is 154 Å². The molecule has 0 bridgehead atoms. The van der Waals surface area contributed by atoms with Crippen molar-refractivity contribution in [2.75, 3.05) is 19.0 Å². The number of rotatable bonds is 5. The molecule has 1 aliphatic rings. The highest BCUT2D eigenvalue weighted by molar-refractivity contribution is 5.85. The number of nitrogens with zero attached hydrogens (tertiary/aromatic N) is 3. The molecule has 1 saturated heterocycles. The van der Waals surface area contributed by atoms with Gasteiger partial charge >= 0.3 is 0 Å². The van der Waals surface area contributed by atoms with Crippen LogP contribution in [0.4, 0.5) is 11.6 Å². The zero-order valence-electron chi connectivity index (χ0n) is 15.8. The molecule has 2 aromatic rings. The summed E-state index contributed by atoms with van der Waals surface area (Å²) in [7, 11) is 1.58. The lowest BCUT2D eigenvalue weighted by Gasteiger charge is -2.32. The van der Waals surface area contributed by atoms with Crippen LogP contribution in [-0.2, 0) is 9.53 Å². The Balaban J connectivity index is 1.81. The Bertz CT molecular complexity index is 791. The summed E-state index contributed by atoms with van der Waals surface area (Å²) in [4.78, 5) is 23.6. The molecule has 3 heterocycles. The minimum Gasteiger partial charge on any atom is -0.369 e. The zero-order valence-corrected chi connectivity index (χ0v) is 15.8. The van der Waals surface area contributed by atoms with Crippen molar-refractivity contribution < 1.29 is 9.53 Å². The van der Waals surface area contributed by atoms with Crippen LogP contribution >= 0.6 is 0 Å². The second kappa shape index (κ2) is 7.41. The molecule has 3 rings (SSSR count). The fourth-order valence-corrected chi connectivity index (χ4v) is 3.26. The minimum atomic E-state index is -0.817. The van der Waals surface area contributed by atoms with Gasteiger partial charge in [-0.25, -0.2) is 9.97 Å². The van der Waals surface area contributed by atoms with Gasteiger partial charge in [-0.2, -0.15) is 0 Å². The molecule has 0 aromatic carbocycles. The number of ether oxygens (including phenoxy) is 1. The number of anilines is 2. The molecule has 0 spiro atoms. The SMILES string of the molecule is COC(C)(C)C(=O)N1CCC[C@@H]1c1ccnc(Nc2cccc(C)n2)c1. The van der Waals surface area contributed by atoms with Crippen LogP contribution in [0, 0.1) is 6.92 Å². The largest absolute Gasteiger partial charge is 0.369 e. The molecule has 0 unspecified atom stereocenters. The number of hydrogen-bond acceptors (Lipinski definition) is 5. The van der Waals surface area contributed by atoms with Crippen molar-refractivity contribution in [2.24, 2.45) is 0 Å². The second-order valence-corrected chi connectivity index (χ2v) is 7.13. The maximum Gasteiger partial charge on any atom is 0.254 e. The van der Waals surface area contributed by atoms with Gasteiger partial charge in [0.15, 0.2) is 0 Å². The molecule has 6 nitrogen and oxygen atoms in total. The predicted molar refractivity (Wildman–Crippen MR) is 101 cm³/mol. The number of likely N-dealkylation sites (tertiary alicyclic amines) is 1. The van der Waals surface area contributed by atoms with E-state index in [2.05, 4.69) is 15.3 Å².